The number of benzene rings is 2. The van der Waals surface area contributed by atoms with Crippen molar-refractivity contribution in [3.8, 4) is 5.75 Å². The Morgan fingerprint density at radius 1 is 1.16 bits per heavy atom. The lowest BCUT2D eigenvalue weighted by molar-refractivity contribution is -0.124. The van der Waals surface area contributed by atoms with Crippen LogP contribution in [0.5, 0.6) is 5.75 Å². The van der Waals surface area contributed by atoms with Crippen LogP contribution in [0, 0.1) is 0 Å². The van der Waals surface area contributed by atoms with Crippen LogP contribution >= 0.6 is 0 Å². The zero-order valence-electron chi connectivity index (χ0n) is 14.7. The van der Waals surface area contributed by atoms with Gasteiger partial charge in [0.15, 0.2) is 0 Å². The van der Waals surface area contributed by atoms with Crippen LogP contribution in [0.4, 0.5) is 11.4 Å². The second-order valence-electron chi connectivity index (χ2n) is 6.42. The van der Waals surface area contributed by atoms with E-state index in [2.05, 4.69) is 5.32 Å². The van der Waals surface area contributed by atoms with E-state index in [1.165, 1.54) is 0 Å². The summed E-state index contributed by atoms with van der Waals surface area (Å²) in [6, 6.07) is 14.9. The van der Waals surface area contributed by atoms with Gasteiger partial charge >= 0.3 is 0 Å². The van der Waals surface area contributed by atoms with Crippen LogP contribution in [0.15, 0.2) is 48.5 Å². The van der Waals surface area contributed by atoms with Gasteiger partial charge in [0, 0.05) is 19.2 Å². The van der Waals surface area contributed by atoms with Crippen LogP contribution in [0.3, 0.4) is 0 Å². The Balaban J connectivity index is 1.88. The molecule has 5 nitrogen and oxygen atoms in total. The standard InChI is InChI=1S/C20H22N2O3/c1-13(2)25-18-11-7-5-9-16(18)21-20(24)15-12-19(23)22(3)17-10-6-4-8-14(15)17/h4-11,13,15H,12H2,1-3H3,(H,21,24). The van der Waals surface area contributed by atoms with E-state index >= 15 is 0 Å². The van der Waals surface area contributed by atoms with Gasteiger partial charge in [-0.2, -0.15) is 0 Å². The largest absolute Gasteiger partial charge is 0.489 e. The van der Waals surface area contributed by atoms with Gasteiger partial charge in [0.05, 0.1) is 17.7 Å². The molecule has 0 bridgehead atoms. The molecule has 2 aromatic rings. The topological polar surface area (TPSA) is 58.6 Å². The van der Waals surface area contributed by atoms with Gasteiger partial charge in [-0.15, -0.1) is 0 Å². The number of nitrogens with zero attached hydrogens (tertiary/aromatic N) is 1. The molecule has 1 heterocycles. The summed E-state index contributed by atoms with van der Waals surface area (Å²) in [7, 11) is 1.74. The van der Waals surface area contributed by atoms with Crippen LogP contribution < -0.4 is 15.0 Å². The predicted octanol–water partition coefficient (Wildman–Crippen LogP) is 3.56. The Morgan fingerprint density at radius 3 is 2.60 bits per heavy atom. The fourth-order valence-corrected chi connectivity index (χ4v) is 3.02. The summed E-state index contributed by atoms with van der Waals surface area (Å²) >= 11 is 0. The van der Waals surface area contributed by atoms with Crippen LogP contribution in [0.2, 0.25) is 0 Å². The number of anilines is 2. The Morgan fingerprint density at radius 2 is 1.84 bits per heavy atom. The number of carbonyl (C=O) groups excluding carboxylic acids is 2. The summed E-state index contributed by atoms with van der Waals surface area (Å²) in [5.41, 5.74) is 2.26. The molecular weight excluding hydrogens is 316 g/mol. The molecule has 0 aromatic heterocycles. The highest BCUT2D eigenvalue weighted by atomic mass is 16.5. The molecule has 0 saturated carbocycles. The Hall–Kier alpha value is -2.82. The maximum Gasteiger partial charge on any atom is 0.232 e. The van der Waals surface area contributed by atoms with Crippen molar-refractivity contribution in [3.63, 3.8) is 0 Å². The average molecular weight is 338 g/mol. The van der Waals surface area contributed by atoms with E-state index in [1.807, 2.05) is 56.3 Å². The van der Waals surface area contributed by atoms with Crippen LogP contribution in [0.1, 0.15) is 31.7 Å². The molecule has 25 heavy (non-hydrogen) atoms. The first-order valence-corrected chi connectivity index (χ1v) is 8.39. The molecule has 1 unspecified atom stereocenters. The molecule has 3 rings (SSSR count). The van der Waals surface area contributed by atoms with Crippen molar-refractivity contribution in [3.05, 3.63) is 54.1 Å². The third-order valence-electron chi connectivity index (χ3n) is 4.25. The van der Waals surface area contributed by atoms with Gasteiger partial charge in [-0.1, -0.05) is 30.3 Å². The van der Waals surface area contributed by atoms with Crippen molar-refractivity contribution >= 4 is 23.2 Å². The van der Waals surface area contributed by atoms with Crippen molar-refractivity contribution in [2.45, 2.75) is 32.3 Å². The normalized spacial score (nSPS) is 16.6. The number of ether oxygens (including phenoxy) is 1. The second kappa shape index (κ2) is 6.97. The van der Waals surface area contributed by atoms with Gasteiger partial charge in [0.1, 0.15) is 5.75 Å². The molecule has 0 spiro atoms. The van der Waals surface area contributed by atoms with E-state index in [9.17, 15) is 9.59 Å². The minimum atomic E-state index is -0.507. The summed E-state index contributed by atoms with van der Waals surface area (Å²) in [6.07, 6.45) is 0.163. The van der Waals surface area contributed by atoms with E-state index in [-0.39, 0.29) is 24.3 Å². The van der Waals surface area contributed by atoms with Gasteiger partial charge < -0.3 is 15.0 Å². The fourth-order valence-electron chi connectivity index (χ4n) is 3.02. The van der Waals surface area contributed by atoms with E-state index in [0.717, 1.165) is 11.3 Å². The molecular formula is C20H22N2O3. The van der Waals surface area contributed by atoms with Gasteiger partial charge in [0.25, 0.3) is 0 Å². The van der Waals surface area contributed by atoms with Gasteiger partial charge in [0.2, 0.25) is 11.8 Å². The summed E-state index contributed by atoms with van der Waals surface area (Å²) in [5, 5.41) is 2.93. The Bertz CT molecular complexity index is 801. The first-order valence-electron chi connectivity index (χ1n) is 8.39. The van der Waals surface area contributed by atoms with E-state index < -0.39 is 5.92 Å². The van der Waals surface area contributed by atoms with Crippen LogP contribution in [-0.4, -0.2) is 25.0 Å². The average Bonchev–Trinajstić information content (AvgIpc) is 2.59. The minimum Gasteiger partial charge on any atom is -0.489 e. The lowest BCUT2D eigenvalue weighted by Gasteiger charge is -2.31. The number of amides is 2. The fraction of sp³-hybridized carbons (Fsp3) is 0.300. The zero-order chi connectivity index (χ0) is 18.0. The maximum atomic E-state index is 12.9. The maximum absolute atomic E-state index is 12.9. The Kier molecular flexibility index (Phi) is 4.74. The molecule has 1 aliphatic rings. The second-order valence-corrected chi connectivity index (χ2v) is 6.42. The lowest BCUT2D eigenvalue weighted by Crippen LogP contribution is -2.37. The highest BCUT2D eigenvalue weighted by Gasteiger charge is 2.33. The van der Waals surface area contributed by atoms with Crippen LogP contribution in [-0.2, 0) is 9.59 Å². The number of rotatable bonds is 4. The summed E-state index contributed by atoms with van der Waals surface area (Å²) in [4.78, 5) is 26.7. The highest BCUT2D eigenvalue weighted by molar-refractivity contribution is 6.06. The number of fused-ring (bicyclic) bond motifs is 1. The SMILES string of the molecule is CC(C)Oc1ccccc1NC(=O)C1CC(=O)N(C)c2ccccc21. The zero-order valence-corrected chi connectivity index (χ0v) is 14.7. The molecule has 5 heteroatoms. The third-order valence-corrected chi connectivity index (χ3v) is 4.25. The number of nitrogens with one attached hydrogen (secondary N) is 1. The van der Waals surface area contributed by atoms with E-state index in [1.54, 1.807) is 18.0 Å². The van der Waals surface area contributed by atoms with E-state index in [4.69, 9.17) is 4.74 Å². The molecule has 0 radical (unpaired) electrons. The minimum absolute atomic E-state index is 0.00341. The summed E-state index contributed by atoms with van der Waals surface area (Å²) in [6.45, 7) is 3.87. The lowest BCUT2D eigenvalue weighted by atomic mass is 9.89. The molecule has 0 fully saturated rings. The van der Waals surface area contributed by atoms with Crippen LogP contribution in [0.25, 0.3) is 0 Å². The van der Waals surface area contributed by atoms with Gasteiger partial charge in [-0.05, 0) is 37.6 Å². The number of hydrogen-bond donors (Lipinski definition) is 1. The van der Waals surface area contributed by atoms with Crippen molar-refractivity contribution < 1.29 is 14.3 Å². The first kappa shape index (κ1) is 17.0. The Labute approximate surface area is 147 Å². The smallest absolute Gasteiger partial charge is 0.232 e. The van der Waals surface area contributed by atoms with E-state index in [0.29, 0.717) is 11.4 Å². The molecule has 1 N–H and O–H groups in total. The molecule has 130 valence electrons. The molecule has 1 aliphatic heterocycles. The number of para-hydroxylation sites is 3. The highest BCUT2D eigenvalue weighted by Crippen LogP contribution is 2.36. The van der Waals surface area contributed by atoms with Gasteiger partial charge in [-0.25, -0.2) is 0 Å². The monoisotopic (exact) mass is 338 g/mol. The third kappa shape index (κ3) is 3.50. The van der Waals surface area contributed by atoms with Gasteiger partial charge in [-0.3, -0.25) is 9.59 Å². The summed E-state index contributed by atoms with van der Waals surface area (Å²) in [5.74, 6) is -0.148. The molecule has 2 amide bonds. The number of hydrogen-bond acceptors (Lipinski definition) is 3. The molecule has 1 atom stereocenters. The summed E-state index contributed by atoms with van der Waals surface area (Å²) < 4.78 is 5.75. The van der Waals surface area contributed by atoms with Crippen molar-refractivity contribution in [2.24, 2.45) is 0 Å². The molecule has 0 aliphatic carbocycles. The first-order chi connectivity index (χ1) is 12.0. The quantitative estimate of drug-likeness (QED) is 0.927. The van der Waals surface area contributed by atoms with Crippen molar-refractivity contribution in [2.75, 3.05) is 17.3 Å². The van der Waals surface area contributed by atoms with Crippen molar-refractivity contribution in [1.82, 2.24) is 0 Å². The molecule has 0 saturated heterocycles. The molecule has 2 aromatic carbocycles. The number of carbonyl (C=O) groups is 2. The predicted molar refractivity (Wildman–Crippen MR) is 98.0 cm³/mol. The van der Waals surface area contributed by atoms with Crippen molar-refractivity contribution in [1.29, 1.82) is 0 Å².